The maximum atomic E-state index is 12.9. The second-order valence-corrected chi connectivity index (χ2v) is 7.94. The third kappa shape index (κ3) is 9.30. The molecule has 9 N–H and O–H groups in total. The van der Waals surface area contributed by atoms with Gasteiger partial charge in [0.1, 0.15) is 24.2 Å². The predicted octanol–water partition coefficient (Wildman–Crippen LogP) is -2.19. The van der Waals surface area contributed by atoms with Crippen molar-refractivity contribution in [1.29, 1.82) is 0 Å². The average Bonchev–Trinajstić information content (AvgIpc) is 2.66. The number of aliphatic carboxylic acids is 1. The van der Waals surface area contributed by atoms with E-state index >= 15 is 0 Å². The molecule has 0 bridgehead atoms. The van der Waals surface area contributed by atoms with Crippen LogP contribution in [0.25, 0.3) is 0 Å². The van der Waals surface area contributed by atoms with E-state index in [2.05, 4.69) is 16.0 Å². The molecule has 0 fully saturated rings. The van der Waals surface area contributed by atoms with Crippen LogP contribution in [0.5, 0.6) is 0 Å². The van der Waals surface area contributed by atoms with Crippen LogP contribution in [0.3, 0.4) is 0 Å². The average molecular weight is 446 g/mol. The van der Waals surface area contributed by atoms with E-state index in [-0.39, 0.29) is 5.92 Å². The highest BCUT2D eigenvalue weighted by atomic mass is 16.4. The highest BCUT2D eigenvalue weighted by Crippen LogP contribution is 2.11. The van der Waals surface area contributed by atoms with Crippen LogP contribution in [-0.2, 0) is 24.0 Å². The van der Waals surface area contributed by atoms with Gasteiger partial charge >= 0.3 is 5.97 Å². The summed E-state index contributed by atoms with van der Waals surface area (Å²) in [7, 11) is 0. The lowest BCUT2D eigenvalue weighted by Gasteiger charge is -2.29. The molecule has 4 amide bonds. The molecule has 31 heavy (non-hydrogen) atoms. The van der Waals surface area contributed by atoms with Crippen molar-refractivity contribution >= 4 is 29.6 Å². The van der Waals surface area contributed by atoms with Gasteiger partial charge in [-0.05, 0) is 18.8 Å². The molecule has 0 aromatic carbocycles. The Bertz CT molecular complexity index is 668. The van der Waals surface area contributed by atoms with Crippen LogP contribution in [-0.4, -0.2) is 70.1 Å². The summed E-state index contributed by atoms with van der Waals surface area (Å²) in [6.07, 6.45) is -1.23. The maximum Gasteiger partial charge on any atom is 0.326 e. The minimum Gasteiger partial charge on any atom is -0.480 e. The van der Waals surface area contributed by atoms with Gasteiger partial charge in [-0.25, -0.2) is 4.79 Å². The molecule has 0 aliphatic heterocycles. The van der Waals surface area contributed by atoms with Gasteiger partial charge in [-0.15, -0.1) is 0 Å². The summed E-state index contributed by atoms with van der Waals surface area (Å²) in [5, 5.41) is 25.9. The quantitative estimate of drug-likeness (QED) is 0.165. The maximum absolute atomic E-state index is 12.9. The number of nitrogens with one attached hydrogen (secondary N) is 3. The zero-order valence-electron chi connectivity index (χ0n) is 18.5. The smallest absolute Gasteiger partial charge is 0.326 e. The Morgan fingerprint density at radius 3 is 1.74 bits per heavy atom. The fourth-order valence-corrected chi connectivity index (χ4v) is 2.61. The number of hydrogen-bond donors (Lipinski definition) is 7. The summed E-state index contributed by atoms with van der Waals surface area (Å²) in [6.45, 7) is 8.13. The number of primary amides is 1. The van der Waals surface area contributed by atoms with Gasteiger partial charge in [0.25, 0.3) is 0 Å². The van der Waals surface area contributed by atoms with Gasteiger partial charge in [0, 0.05) is 0 Å². The number of rotatable bonds is 13. The fourth-order valence-electron chi connectivity index (χ4n) is 2.61. The third-order valence-corrected chi connectivity index (χ3v) is 4.88. The van der Waals surface area contributed by atoms with Crippen molar-refractivity contribution in [3.05, 3.63) is 0 Å². The number of carboxylic acids is 1. The summed E-state index contributed by atoms with van der Waals surface area (Å²) in [6, 6.07) is -4.97. The van der Waals surface area contributed by atoms with Crippen LogP contribution in [0.4, 0.5) is 0 Å². The molecule has 0 radical (unpaired) electrons. The monoisotopic (exact) mass is 445 g/mol. The first kappa shape index (κ1) is 28.3. The summed E-state index contributed by atoms with van der Waals surface area (Å²) < 4.78 is 0. The molecule has 0 heterocycles. The summed E-state index contributed by atoms with van der Waals surface area (Å²) >= 11 is 0. The lowest BCUT2D eigenvalue weighted by molar-refractivity contribution is -0.144. The molecule has 0 spiro atoms. The minimum atomic E-state index is -1.54. The number of carboxylic acid groups (broad SMARTS) is 1. The number of nitrogens with two attached hydrogens (primary N) is 2. The summed E-state index contributed by atoms with van der Waals surface area (Å²) in [5.41, 5.74) is 10.6. The fraction of sp³-hybridized carbons (Fsp3) is 0.737. The van der Waals surface area contributed by atoms with E-state index in [9.17, 15) is 34.2 Å². The molecule has 6 atom stereocenters. The summed E-state index contributed by atoms with van der Waals surface area (Å²) in [4.78, 5) is 60.1. The number of amides is 4. The standard InChI is InChI=1S/C19H35N5O7/c1-6-9(4)15(24-16(27)13(21)10(5)25)18(29)23-14(8(2)3)17(28)22-11(19(30)31)7-12(20)26/h8-11,13-15,25H,6-7,21H2,1-5H3,(H2,20,26)(H,22,28)(H,23,29)(H,24,27)(H,30,31). The number of aliphatic hydroxyl groups excluding tert-OH is 1. The highest BCUT2D eigenvalue weighted by Gasteiger charge is 2.34. The second-order valence-electron chi connectivity index (χ2n) is 7.94. The molecule has 0 aliphatic carbocycles. The molecule has 0 aromatic heterocycles. The number of aliphatic hydroxyl groups is 1. The molecule has 178 valence electrons. The van der Waals surface area contributed by atoms with Crippen LogP contribution >= 0.6 is 0 Å². The van der Waals surface area contributed by atoms with Crippen molar-refractivity contribution in [2.24, 2.45) is 23.3 Å². The van der Waals surface area contributed by atoms with Crippen molar-refractivity contribution in [3.63, 3.8) is 0 Å². The van der Waals surface area contributed by atoms with Crippen molar-refractivity contribution in [2.75, 3.05) is 0 Å². The van der Waals surface area contributed by atoms with Crippen molar-refractivity contribution in [3.8, 4) is 0 Å². The second kappa shape index (κ2) is 12.8. The lowest BCUT2D eigenvalue weighted by Crippen LogP contribution is -2.60. The molecule has 0 aliphatic rings. The molecule has 12 heteroatoms. The molecule has 0 rings (SSSR count). The molecule has 12 nitrogen and oxygen atoms in total. The van der Waals surface area contributed by atoms with Gasteiger partial charge in [-0.3, -0.25) is 19.2 Å². The van der Waals surface area contributed by atoms with E-state index in [0.717, 1.165) is 0 Å². The van der Waals surface area contributed by atoms with Crippen LogP contribution in [0.1, 0.15) is 47.5 Å². The number of carbonyl (C=O) groups is 5. The first-order chi connectivity index (χ1) is 14.2. The molecule has 0 saturated carbocycles. The Labute approximate surface area is 181 Å². The normalized spacial score (nSPS) is 16.9. The van der Waals surface area contributed by atoms with Gasteiger partial charge in [-0.2, -0.15) is 0 Å². The van der Waals surface area contributed by atoms with Gasteiger partial charge in [0.15, 0.2) is 0 Å². The summed E-state index contributed by atoms with van der Waals surface area (Å²) in [5.74, 6) is -5.34. The van der Waals surface area contributed by atoms with E-state index < -0.39 is 72.2 Å². The molecule has 6 unspecified atom stereocenters. The van der Waals surface area contributed by atoms with Gasteiger partial charge in [0.2, 0.25) is 23.6 Å². The van der Waals surface area contributed by atoms with E-state index in [1.807, 2.05) is 0 Å². The predicted molar refractivity (Wildman–Crippen MR) is 111 cm³/mol. The van der Waals surface area contributed by atoms with Crippen LogP contribution in [0.15, 0.2) is 0 Å². The van der Waals surface area contributed by atoms with E-state index in [4.69, 9.17) is 11.5 Å². The zero-order chi connectivity index (χ0) is 24.5. The topological polar surface area (TPSA) is 214 Å². The van der Waals surface area contributed by atoms with E-state index in [1.54, 1.807) is 27.7 Å². The van der Waals surface area contributed by atoms with Gasteiger partial charge in [-0.1, -0.05) is 34.1 Å². The first-order valence-corrected chi connectivity index (χ1v) is 10.1. The largest absolute Gasteiger partial charge is 0.480 e. The Morgan fingerprint density at radius 1 is 0.871 bits per heavy atom. The Hall–Kier alpha value is -2.73. The van der Waals surface area contributed by atoms with E-state index in [1.165, 1.54) is 6.92 Å². The van der Waals surface area contributed by atoms with Crippen molar-refractivity contribution < 1.29 is 34.2 Å². The van der Waals surface area contributed by atoms with Crippen LogP contribution in [0, 0.1) is 11.8 Å². The molecular formula is C19H35N5O7. The molecule has 0 saturated heterocycles. The SMILES string of the molecule is CCC(C)C(NC(=O)C(N)C(C)O)C(=O)NC(C(=O)NC(CC(N)=O)C(=O)O)C(C)C. The van der Waals surface area contributed by atoms with Crippen molar-refractivity contribution in [2.45, 2.75) is 77.7 Å². The Kier molecular flexibility index (Phi) is 11.7. The van der Waals surface area contributed by atoms with Gasteiger partial charge in [0.05, 0.1) is 12.5 Å². The van der Waals surface area contributed by atoms with Crippen LogP contribution in [0.2, 0.25) is 0 Å². The number of hydrogen-bond acceptors (Lipinski definition) is 7. The van der Waals surface area contributed by atoms with Gasteiger partial charge < -0.3 is 37.6 Å². The highest BCUT2D eigenvalue weighted by molar-refractivity contribution is 5.95. The van der Waals surface area contributed by atoms with Crippen molar-refractivity contribution in [1.82, 2.24) is 16.0 Å². The number of carbonyl (C=O) groups excluding carboxylic acids is 4. The molecule has 0 aromatic rings. The third-order valence-electron chi connectivity index (χ3n) is 4.88. The minimum absolute atomic E-state index is 0.331. The molecular weight excluding hydrogens is 410 g/mol. The first-order valence-electron chi connectivity index (χ1n) is 10.1. The lowest BCUT2D eigenvalue weighted by atomic mass is 9.96. The van der Waals surface area contributed by atoms with E-state index in [0.29, 0.717) is 6.42 Å². The Balaban J connectivity index is 5.51. The zero-order valence-corrected chi connectivity index (χ0v) is 18.5. The Morgan fingerprint density at radius 2 is 1.35 bits per heavy atom. The van der Waals surface area contributed by atoms with Crippen LogP contribution < -0.4 is 27.4 Å².